The molecule has 1 aliphatic carbocycles. The highest BCUT2D eigenvalue weighted by Gasteiger charge is 2.64. The van der Waals surface area contributed by atoms with Crippen LogP contribution in [0.4, 0.5) is 0 Å². The molecule has 0 spiro atoms. The van der Waals surface area contributed by atoms with Crippen LogP contribution < -0.4 is 10.6 Å². The highest BCUT2D eigenvalue weighted by molar-refractivity contribution is 5.93. The van der Waals surface area contributed by atoms with Crippen LogP contribution >= 0.6 is 0 Å². The van der Waals surface area contributed by atoms with E-state index in [1.807, 2.05) is 24.3 Å². The van der Waals surface area contributed by atoms with Gasteiger partial charge in [0.25, 0.3) is 5.91 Å². The molecule has 0 unspecified atom stereocenters. The van der Waals surface area contributed by atoms with E-state index >= 15 is 0 Å². The summed E-state index contributed by atoms with van der Waals surface area (Å²) in [6.07, 6.45) is 0. The number of rotatable bonds is 4. The summed E-state index contributed by atoms with van der Waals surface area (Å²) in [5.41, 5.74) is 2.63. The third-order valence-corrected chi connectivity index (χ3v) is 4.97. The summed E-state index contributed by atoms with van der Waals surface area (Å²) in [6.45, 7) is 10.1. The monoisotopic (exact) mass is 260 g/mol. The minimum atomic E-state index is -0.0380. The molecule has 2 rings (SSSR count). The van der Waals surface area contributed by atoms with Crippen LogP contribution in [0.2, 0.25) is 0 Å². The average molecular weight is 260 g/mol. The van der Waals surface area contributed by atoms with Gasteiger partial charge in [0.2, 0.25) is 0 Å². The second-order valence-electron chi connectivity index (χ2n) is 6.53. The van der Waals surface area contributed by atoms with Gasteiger partial charge in [-0.3, -0.25) is 4.79 Å². The van der Waals surface area contributed by atoms with Crippen molar-refractivity contribution in [2.45, 2.75) is 40.3 Å². The Balaban J connectivity index is 1.93. The van der Waals surface area contributed by atoms with Gasteiger partial charge in [-0.05, 0) is 28.5 Å². The van der Waals surface area contributed by atoms with Gasteiger partial charge in [0.15, 0.2) is 0 Å². The molecule has 104 valence electrons. The Morgan fingerprint density at radius 3 is 2.05 bits per heavy atom. The van der Waals surface area contributed by atoms with Crippen molar-refractivity contribution in [3.63, 3.8) is 0 Å². The maximum Gasteiger partial charge on any atom is 0.251 e. The number of hydrogen-bond donors (Lipinski definition) is 2. The summed E-state index contributed by atoms with van der Waals surface area (Å²) < 4.78 is 0. The number of carbonyl (C=O) groups excluding carboxylic acids is 1. The molecule has 1 saturated carbocycles. The van der Waals surface area contributed by atoms with Crippen LogP contribution in [0.15, 0.2) is 24.3 Å². The molecule has 0 bridgehead atoms. The first-order valence-corrected chi connectivity index (χ1v) is 6.85. The zero-order chi connectivity index (χ0) is 14.3. The van der Waals surface area contributed by atoms with Crippen molar-refractivity contribution in [3.05, 3.63) is 35.4 Å². The lowest BCUT2D eigenvalue weighted by Crippen LogP contribution is -2.22. The average Bonchev–Trinajstić information content (AvgIpc) is 2.77. The van der Waals surface area contributed by atoms with Crippen molar-refractivity contribution in [2.24, 2.45) is 10.8 Å². The van der Waals surface area contributed by atoms with Gasteiger partial charge in [-0.2, -0.15) is 0 Å². The summed E-state index contributed by atoms with van der Waals surface area (Å²) in [6, 6.07) is 8.33. The van der Waals surface area contributed by atoms with E-state index in [4.69, 9.17) is 0 Å². The lowest BCUT2D eigenvalue weighted by Gasteiger charge is -2.07. The molecular formula is C16H24N2O. The Hall–Kier alpha value is -1.35. The SMILES string of the molecule is CNC(=O)c1ccc(CNC2C(C)(C)C2(C)C)cc1. The number of amides is 1. The Bertz CT molecular complexity index is 460. The first-order chi connectivity index (χ1) is 8.80. The van der Waals surface area contributed by atoms with E-state index in [1.165, 1.54) is 5.56 Å². The summed E-state index contributed by atoms with van der Waals surface area (Å²) in [5, 5.41) is 6.24. The largest absolute Gasteiger partial charge is 0.355 e. The zero-order valence-electron chi connectivity index (χ0n) is 12.5. The Morgan fingerprint density at radius 1 is 1.11 bits per heavy atom. The van der Waals surface area contributed by atoms with Crippen molar-refractivity contribution in [1.29, 1.82) is 0 Å². The number of benzene rings is 1. The molecule has 0 atom stereocenters. The number of hydrogen-bond acceptors (Lipinski definition) is 2. The van der Waals surface area contributed by atoms with Crippen molar-refractivity contribution in [3.8, 4) is 0 Å². The van der Waals surface area contributed by atoms with Crippen LogP contribution in [0.25, 0.3) is 0 Å². The van der Waals surface area contributed by atoms with Crippen LogP contribution in [0.1, 0.15) is 43.6 Å². The van der Waals surface area contributed by atoms with Crippen molar-refractivity contribution >= 4 is 5.91 Å². The normalized spacial score (nSPS) is 20.1. The highest BCUT2D eigenvalue weighted by Crippen LogP contribution is 2.62. The van der Waals surface area contributed by atoms with Gasteiger partial charge in [-0.15, -0.1) is 0 Å². The number of carbonyl (C=O) groups is 1. The van der Waals surface area contributed by atoms with Crippen molar-refractivity contribution in [1.82, 2.24) is 10.6 Å². The van der Waals surface area contributed by atoms with E-state index in [0.29, 0.717) is 22.4 Å². The molecule has 19 heavy (non-hydrogen) atoms. The van der Waals surface area contributed by atoms with E-state index in [9.17, 15) is 4.79 Å². The third kappa shape index (κ3) is 2.39. The molecule has 2 N–H and O–H groups in total. The first-order valence-electron chi connectivity index (χ1n) is 6.85. The Labute approximate surface area is 115 Å². The summed E-state index contributed by atoms with van der Waals surface area (Å²) in [5.74, 6) is -0.0380. The molecule has 0 saturated heterocycles. The molecule has 1 aromatic rings. The van der Waals surface area contributed by atoms with Gasteiger partial charge in [0.1, 0.15) is 0 Å². The molecule has 0 heterocycles. The fraction of sp³-hybridized carbons (Fsp3) is 0.562. The maximum absolute atomic E-state index is 11.4. The van der Waals surface area contributed by atoms with Gasteiger partial charge < -0.3 is 10.6 Å². The molecule has 1 aliphatic rings. The first kappa shape index (κ1) is 14.1. The second kappa shape index (κ2) is 4.64. The van der Waals surface area contributed by atoms with Gasteiger partial charge in [-0.25, -0.2) is 0 Å². The van der Waals surface area contributed by atoms with Gasteiger partial charge in [0.05, 0.1) is 0 Å². The summed E-state index contributed by atoms with van der Waals surface area (Å²) >= 11 is 0. The molecule has 0 aliphatic heterocycles. The maximum atomic E-state index is 11.4. The molecule has 3 nitrogen and oxygen atoms in total. The van der Waals surface area contributed by atoms with Crippen LogP contribution in [-0.4, -0.2) is 19.0 Å². The molecular weight excluding hydrogens is 236 g/mol. The van der Waals surface area contributed by atoms with E-state index in [1.54, 1.807) is 7.05 Å². The van der Waals surface area contributed by atoms with E-state index in [-0.39, 0.29) is 5.91 Å². The molecule has 0 radical (unpaired) electrons. The summed E-state index contributed by atoms with van der Waals surface area (Å²) in [7, 11) is 1.65. The standard InChI is InChI=1S/C16H24N2O/c1-15(2)14(16(15,3)4)18-10-11-6-8-12(9-7-11)13(19)17-5/h6-9,14,18H,10H2,1-5H3,(H,17,19). The highest BCUT2D eigenvalue weighted by atomic mass is 16.1. The third-order valence-electron chi connectivity index (χ3n) is 4.97. The van der Waals surface area contributed by atoms with Gasteiger partial charge >= 0.3 is 0 Å². The quantitative estimate of drug-likeness (QED) is 0.873. The van der Waals surface area contributed by atoms with Crippen LogP contribution in [0, 0.1) is 10.8 Å². The lowest BCUT2D eigenvalue weighted by atomic mass is 10.0. The fourth-order valence-electron chi connectivity index (χ4n) is 2.84. The molecule has 0 aromatic heterocycles. The Morgan fingerprint density at radius 2 is 1.63 bits per heavy atom. The van der Waals surface area contributed by atoms with Gasteiger partial charge in [-0.1, -0.05) is 39.8 Å². The van der Waals surface area contributed by atoms with E-state index in [2.05, 4.69) is 38.3 Å². The topological polar surface area (TPSA) is 41.1 Å². The smallest absolute Gasteiger partial charge is 0.251 e. The predicted molar refractivity (Wildman–Crippen MR) is 78.0 cm³/mol. The fourth-order valence-corrected chi connectivity index (χ4v) is 2.84. The van der Waals surface area contributed by atoms with Crippen LogP contribution in [-0.2, 0) is 6.54 Å². The molecule has 3 heteroatoms. The minimum absolute atomic E-state index is 0.0380. The molecule has 1 fully saturated rings. The van der Waals surface area contributed by atoms with Gasteiger partial charge in [0, 0.05) is 25.2 Å². The van der Waals surface area contributed by atoms with Crippen LogP contribution in [0.3, 0.4) is 0 Å². The minimum Gasteiger partial charge on any atom is -0.355 e. The predicted octanol–water partition coefficient (Wildman–Crippen LogP) is 2.57. The van der Waals surface area contributed by atoms with Crippen LogP contribution in [0.5, 0.6) is 0 Å². The second-order valence-corrected chi connectivity index (χ2v) is 6.53. The molecule has 1 aromatic carbocycles. The van der Waals surface area contributed by atoms with Crippen molar-refractivity contribution < 1.29 is 4.79 Å². The Kier molecular flexibility index (Phi) is 3.43. The van der Waals surface area contributed by atoms with E-state index < -0.39 is 0 Å². The van der Waals surface area contributed by atoms with E-state index in [0.717, 1.165) is 6.54 Å². The summed E-state index contributed by atoms with van der Waals surface area (Å²) in [4.78, 5) is 11.4. The molecule has 1 amide bonds. The number of nitrogens with one attached hydrogen (secondary N) is 2. The van der Waals surface area contributed by atoms with Crippen molar-refractivity contribution in [2.75, 3.05) is 7.05 Å². The zero-order valence-corrected chi connectivity index (χ0v) is 12.5. The lowest BCUT2D eigenvalue weighted by molar-refractivity contribution is 0.0963.